The molecular formula is C13H12FN3. The highest BCUT2D eigenvalue weighted by Gasteiger charge is 2.14. The first-order valence-corrected chi connectivity index (χ1v) is 5.28. The van der Waals surface area contributed by atoms with E-state index in [9.17, 15) is 4.39 Å². The summed E-state index contributed by atoms with van der Waals surface area (Å²) in [6.07, 6.45) is 1.80. The average Bonchev–Trinajstić information content (AvgIpc) is 2.81. The van der Waals surface area contributed by atoms with Crippen LogP contribution < -0.4 is 5.73 Å². The van der Waals surface area contributed by atoms with Crippen LogP contribution in [0.15, 0.2) is 42.6 Å². The van der Waals surface area contributed by atoms with Crippen LogP contribution in [-0.4, -0.2) is 11.1 Å². The summed E-state index contributed by atoms with van der Waals surface area (Å²) in [5, 5.41) is 8.97. The Labute approximate surface area is 98.9 Å². The lowest BCUT2D eigenvalue weighted by atomic mass is 10.1. The number of nitrogens with two attached hydrogens (primary N) is 1. The molecule has 2 N–H and O–H groups in total. The van der Waals surface area contributed by atoms with Crippen LogP contribution in [0.25, 0.3) is 0 Å². The van der Waals surface area contributed by atoms with Crippen molar-refractivity contribution in [3.63, 3.8) is 0 Å². The van der Waals surface area contributed by atoms with Crippen molar-refractivity contribution >= 4 is 0 Å². The van der Waals surface area contributed by atoms with Crippen molar-refractivity contribution in [1.29, 1.82) is 5.26 Å². The number of nitriles is 1. The van der Waals surface area contributed by atoms with E-state index in [2.05, 4.69) is 6.07 Å². The molecule has 0 aliphatic carbocycles. The van der Waals surface area contributed by atoms with Crippen LogP contribution in [0.1, 0.15) is 17.3 Å². The Kier molecular flexibility index (Phi) is 3.22. The van der Waals surface area contributed by atoms with Crippen LogP contribution in [0.4, 0.5) is 4.39 Å². The molecule has 1 aromatic heterocycles. The molecule has 3 nitrogen and oxygen atoms in total. The first-order valence-electron chi connectivity index (χ1n) is 5.28. The Hall–Kier alpha value is -2.12. The van der Waals surface area contributed by atoms with Crippen LogP contribution in [0.2, 0.25) is 0 Å². The SMILES string of the molecule is N#Cc1cccn1C(CN)c1ccc(F)cc1. The summed E-state index contributed by atoms with van der Waals surface area (Å²) in [5.74, 6) is -0.280. The van der Waals surface area contributed by atoms with Crippen LogP contribution in [0.5, 0.6) is 0 Å². The standard InChI is InChI=1S/C13H12FN3/c14-11-5-3-10(4-6-11)13(9-16)17-7-1-2-12(17)8-15/h1-7,13H,9,16H2. The molecule has 0 spiro atoms. The van der Waals surface area contributed by atoms with Gasteiger partial charge in [-0.3, -0.25) is 0 Å². The fourth-order valence-electron chi connectivity index (χ4n) is 1.86. The lowest BCUT2D eigenvalue weighted by Crippen LogP contribution is -2.20. The van der Waals surface area contributed by atoms with Gasteiger partial charge in [0, 0.05) is 12.7 Å². The van der Waals surface area contributed by atoms with E-state index < -0.39 is 0 Å². The molecule has 1 aromatic carbocycles. The van der Waals surface area contributed by atoms with E-state index >= 15 is 0 Å². The van der Waals surface area contributed by atoms with Gasteiger partial charge >= 0.3 is 0 Å². The minimum atomic E-state index is -0.280. The first kappa shape index (κ1) is 11.4. The lowest BCUT2D eigenvalue weighted by Gasteiger charge is -2.18. The first-order chi connectivity index (χ1) is 8.26. The number of benzene rings is 1. The molecule has 2 rings (SSSR count). The molecule has 0 saturated carbocycles. The van der Waals surface area contributed by atoms with E-state index in [1.165, 1.54) is 12.1 Å². The van der Waals surface area contributed by atoms with Gasteiger partial charge in [-0.25, -0.2) is 4.39 Å². The minimum absolute atomic E-state index is 0.139. The van der Waals surface area contributed by atoms with Gasteiger partial charge in [-0.15, -0.1) is 0 Å². The highest BCUT2D eigenvalue weighted by Crippen LogP contribution is 2.20. The second-order valence-corrected chi connectivity index (χ2v) is 3.72. The number of halogens is 1. The number of hydrogen-bond donors (Lipinski definition) is 1. The van der Waals surface area contributed by atoms with Crippen molar-refractivity contribution in [3.05, 3.63) is 59.7 Å². The molecule has 0 saturated heterocycles. The molecule has 0 aliphatic rings. The number of hydrogen-bond acceptors (Lipinski definition) is 2. The molecule has 4 heteroatoms. The summed E-state index contributed by atoms with van der Waals surface area (Å²) in [6, 6.07) is 11.7. The summed E-state index contributed by atoms with van der Waals surface area (Å²) < 4.78 is 14.7. The topological polar surface area (TPSA) is 54.7 Å². The van der Waals surface area contributed by atoms with Gasteiger partial charge in [0.1, 0.15) is 17.6 Å². The zero-order valence-corrected chi connectivity index (χ0v) is 9.18. The molecule has 2 aromatic rings. The molecule has 0 aliphatic heterocycles. The van der Waals surface area contributed by atoms with E-state index in [0.717, 1.165) is 5.56 Å². The van der Waals surface area contributed by atoms with E-state index in [4.69, 9.17) is 11.0 Å². The van der Waals surface area contributed by atoms with Gasteiger partial charge in [0.2, 0.25) is 0 Å². The highest BCUT2D eigenvalue weighted by atomic mass is 19.1. The molecular weight excluding hydrogens is 217 g/mol. The highest BCUT2D eigenvalue weighted by molar-refractivity contribution is 5.28. The summed E-state index contributed by atoms with van der Waals surface area (Å²) >= 11 is 0. The average molecular weight is 229 g/mol. The normalized spacial score (nSPS) is 12.1. The molecule has 0 fully saturated rings. The van der Waals surface area contributed by atoms with Gasteiger partial charge in [0.25, 0.3) is 0 Å². The van der Waals surface area contributed by atoms with E-state index in [0.29, 0.717) is 12.2 Å². The molecule has 0 amide bonds. The van der Waals surface area contributed by atoms with Crippen LogP contribution >= 0.6 is 0 Å². The van der Waals surface area contributed by atoms with Gasteiger partial charge < -0.3 is 10.3 Å². The quantitative estimate of drug-likeness (QED) is 0.875. The van der Waals surface area contributed by atoms with Crippen LogP contribution in [0.3, 0.4) is 0 Å². The van der Waals surface area contributed by atoms with Gasteiger partial charge in [0.15, 0.2) is 0 Å². The van der Waals surface area contributed by atoms with E-state index in [-0.39, 0.29) is 11.9 Å². The maximum atomic E-state index is 12.9. The third kappa shape index (κ3) is 2.19. The summed E-state index contributed by atoms with van der Waals surface area (Å²) in [5.41, 5.74) is 7.17. The Balaban J connectivity index is 2.41. The smallest absolute Gasteiger partial charge is 0.123 e. The fraction of sp³-hybridized carbons (Fsp3) is 0.154. The molecule has 86 valence electrons. The second-order valence-electron chi connectivity index (χ2n) is 3.72. The Bertz CT molecular complexity index is 537. The fourth-order valence-corrected chi connectivity index (χ4v) is 1.86. The predicted molar refractivity (Wildman–Crippen MR) is 62.7 cm³/mol. The number of aromatic nitrogens is 1. The molecule has 1 unspecified atom stereocenters. The Morgan fingerprint density at radius 1 is 1.29 bits per heavy atom. The molecule has 1 atom stereocenters. The Morgan fingerprint density at radius 3 is 2.59 bits per heavy atom. The molecule has 0 radical (unpaired) electrons. The number of nitrogens with zero attached hydrogens (tertiary/aromatic N) is 2. The largest absolute Gasteiger partial charge is 0.331 e. The van der Waals surface area contributed by atoms with Crippen molar-refractivity contribution in [1.82, 2.24) is 4.57 Å². The van der Waals surface area contributed by atoms with Gasteiger partial charge in [-0.2, -0.15) is 5.26 Å². The van der Waals surface area contributed by atoms with Crippen molar-refractivity contribution in [3.8, 4) is 6.07 Å². The van der Waals surface area contributed by atoms with Gasteiger partial charge in [-0.1, -0.05) is 12.1 Å². The summed E-state index contributed by atoms with van der Waals surface area (Å²) in [6.45, 7) is 0.356. The third-order valence-electron chi connectivity index (χ3n) is 2.71. The Morgan fingerprint density at radius 2 is 2.00 bits per heavy atom. The van der Waals surface area contributed by atoms with Crippen molar-refractivity contribution in [2.24, 2.45) is 5.73 Å². The minimum Gasteiger partial charge on any atom is -0.331 e. The second kappa shape index (κ2) is 4.81. The van der Waals surface area contributed by atoms with Crippen molar-refractivity contribution in [2.45, 2.75) is 6.04 Å². The van der Waals surface area contributed by atoms with E-state index in [1.807, 2.05) is 0 Å². The zero-order valence-electron chi connectivity index (χ0n) is 9.18. The van der Waals surface area contributed by atoms with Crippen LogP contribution in [0, 0.1) is 17.1 Å². The summed E-state index contributed by atoms with van der Waals surface area (Å²) in [7, 11) is 0. The molecule has 1 heterocycles. The predicted octanol–water partition coefficient (Wildman–Crippen LogP) is 2.05. The molecule has 0 bridgehead atoms. The summed E-state index contributed by atoms with van der Waals surface area (Å²) in [4.78, 5) is 0. The van der Waals surface area contributed by atoms with Crippen molar-refractivity contribution < 1.29 is 4.39 Å². The van der Waals surface area contributed by atoms with E-state index in [1.54, 1.807) is 35.0 Å². The lowest BCUT2D eigenvalue weighted by molar-refractivity contribution is 0.586. The van der Waals surface area contributed by atoms with Crippen LogP contribution in [-0.2, 0) is 0 Å². The number of rotatable bonds is 3. The monoisotopic (exact) mass is 229 g/mol. The maximum absolute atomic E-state index is 12.9. The third-order valence-corrected chi connectivity index (χ3v) is 2.71. The van der Waals surface area contributed by atoms with Crippen molar-refractivity contribution in [2.75, 3.05) is 6.54 Å². The zero-order chi connectivity index (χ0) is 12.3. The maximum Gasteiger partial charge on any atom is 0.123 e. The molecule has 17 heavy (non-hydrogen) atoms. The van der Waals surface area contributed by atoms with Gasteiger partial charge in [0.05, 0.1) is 6.04 Å². The van der Waals surface area contributed by atoms with Gasteiger partial charge in [-0.05, 0) is 29.8 Å².